The molecule has 1 heterocycles. The molecule has 0 aliphatic carbocycles. The number of carbonyl (C=O) groups is 1. The average Bonchev–Trinajstić information content (AvgIpc) is 2.40. The van der Waals surface area contributed by atoms with Crippen LogP contribution in [0.5, 0.6) is 0 Å². The summed E-state index contributed by atoms with van der Waals surface area (Å²) in [5, 5.41) is 2.68. The summed E-state index contributed by atoms with van der Waals surface area (Å²) in [6.45, 7) is 6.77. The number of nitrogens with one attached hydrogen (secondary N) is 1. The highest BCUT2D eigenvalue weighted by Gasteiger charge is 2.16. The van der Waals surface area contributed by atoms with Gasteiger partial charge in [0.25, 0.3) is 0 Å². The topological polar surface area (TPSA) is 50.8 Å². The van der Waals surface area contributed by atoms with Gasteiger partial charge in [-0.05, 0) is 38.1 Å². The smallest absolute Gasteiger partial charge is 0.411 e. The first-order valence-electron chi connectivity index (χ1n) is 6.59. The Morgan fingerprint density at radius 3 is 2.84 bits per heavy atom. The van der Waals surface area contributed by atoms with Gasteiger partial charge in [-0.15, -0.1) is 0 Å². The first-order valence-corrected chi connectivity index (χ1v) is 6.59. The highest BCUT2D eigenvalue weighted by Crippen LogP contribution is 2.20. The van der Waals surface area contributed by atoms with Gasteiger partial charge < -0.3 is 14.4 Å². The molecule has 1 unspecified atom stereocenters. The average molecular weight is 264 g/mol. The molecule has 104 valence electrons. The third-order valence-corrected chi connectivity index (χ3v) is 3.00. The van der Waals surface area contributed by atoms with Crippen LogP contribution in [0.2, 0.25) is 0 Å². The molecule has 0 saturated carbocycles. The van der Waals surface area contributed by atoms with E-state index in [1.165, 1.54) is 0 Å². The van der Waals surface area contributed by atoms with Crippen molar-refractivity contribution in [2.45, 2.75) is 20.0 Å². The van der Waals surface area contributed by atoms with E-state index >= 15 is 0 Å². The zero-order chi connectivity index (χ0) is 13.7. The second-order valence-corrected chi connectivity index (χ2v) is 4.52. The summed E-state index contributed by atoms with van der Waals surface area (Å²) in [7, 11) is 0. The summed E-state index contributed by atoms with van der Waals surface area (Å²) in [6.07, 6.45) is -0.165. The van der Waals surface area contributed by atoms with Crippen molar-refractivity contribution < 1.29 is 14.3 Å². The molecule has 0 aromatic heterocycles. The van der Waals surface area contributed by atoms with Gasteiger partial charge in [0.05, 0.1) is 19.3 Å². The minimum absolute atomic E-state index is 0.256. The van der Waals surface area contributed by atoms with Gasteiger partial charge >= 0.3 is 6.09 Å². The van der Waals surface area contributed by atoms with Gasteiger partial charge in [0.15, 0.2) is 0 Å². The van der Waals surface area contributed by atoms with Crippen LogP contribution in [0.4, 0.5) is 16.2 Å². The van der Waals surface area contributed by atoms with E-state index in [9.17, 15) is 4.79 Å². The molecule has 5 heteroatoms. The number of benzene rings is 1. The summed E-state index contributed by atoms with van der Waals surface area (Å²) in [5.74, 6) is 0. The molecule has 0 spiro atoms. The lowest BCUT2D eigenvalue weighted by Gasteiger charge is -2.33. The summed E-state index contributed by atoms with van der Waals surface area (Å²) in [5.41, 5.74) is 1.88. The molecule has 19 heavy (non-hydrogen) atoms. The Kier molecular flexibility index (Phi) is 4.63. The Morgan fingerprint density at radius 1 is 1.47 bits per heavy atom. The van der Waals surface area contributed by atoms with Crippen molar-refractivity contribution in [2.75, 3.05) is 36.5 Å². The highest BCUT2D eigenvalue weighted by molar-refractivity contribution is 5.84. The molecule has 1 amide bonds. The Morgan fingerprint density at radius 2 is 2.21 bits per heavy atom. The normalized spacial score (nSPS) is 19.1. The van der Waals surface area contributed by atoms with Crippen molar-refractivity contribution in [3.8, 4) is 0 Å². The number of rotatable bonds is 3. The van der Waals surface area contributed by atoms with E-state index in [4.69, 9.17) is 9.47 Å². The molecule has 0 radical (unpaired) electrons. The van der Waals surface area contributed by atoms with E-state index in [1.807, 2.05) is 24.3 Å². The second-order valence-electron chi connectivity index (χ2n) is 4.52. The molecule has 5 nitrogen and oxygen atoms in total. The van der Waals surface area contributed by atoms with Crippen LogP contribution < -0.4 is 10.2 Å². The number of anilines is 2. The molecule has 2 rings (SSSR count). The van der Waals surface area contributed by atoms with Crippen LogP contribution in [0.15, 0.2) is 24.3 Å². The van der Waals surface area contributed by atoms with Gasteiger partial charge in [0.2, 0.25) is 0 Å². The number of carbonyl (C=O) groups excluding carboxylic acids is 1. The summed E-state index contributed by atoms with van der Waals surface area (Å²) in [4.78, 5) is 13.6. The van der Waals surface area contributed by atoms with Crippen molar-refractivity contribution in [1.29, 1.82) is 0 Å². The first-order chi connectivity index (χ1) is 9.19. The Labute approximate surface area is 113 Å². The Balaban J connectivity index is 1.96. The highest BCUT2D eigenvalue weighted by atomic mass is 16.5. The van der Waals surface area contributed by atoms with Crippen LogP contribution >= 0.6 is 0 Å². The van der Waals surface area contributed by atoms with Crippen LogP contribution in [0.1, 0.15) is 13.8 Å². The Hall–Kier alpha value is -1.75. The number of ether oxygens (including phenoxy) is 2. The van der Waals surface area contributed by atoms with Gasteiger partial charge in [-0.1, -0.05) is 0 Å². The third kappa shape index (κ3) is 3.86. The minimum Gasteiger partial charge on any atom is -0.450 e. The van der Waals surface area contributed by atoms with Gasteiger partial charge in [0, 0.05) is 24.5 Å². The number of hydrogen-bond donors (Lipinski definition) is 1. The number of amides is 1. The lowest BCUT2D eigenvalue weighted by molar-refractivity contribution is 0.0532. The Bertz CT molecular complexity index is 419. The fourth-order valence-corrected chi connectivity index (χ4v) is 2.09. The summed E-state index contributed by atoms with van der Waals surface area (Å²) in [6, 6.07) is 7.76. The first kappa shape index (κ1) is 13.7. The fourth-order valence-electron chi connectivity index (χ4n) is 2.09. The van der Waals surface area contributed by atoms with E-state index in [1.54, 1.807) is 6.92 Å². The van der Waals surface area contributed by atoms with Crippen molar-refractivity contribution >= 4 is 17.5 Å². The third-order valence-electron chi connectivity index (χ3n) is 3.00. The maximum Gasteiger partial charge on any atom is 0.411 e. The van der Waals surface area contributed by atoms with Crippen molar-refractivity contribution in [2.24, 2.45) is 0 Å². The summed E-state index contributed by atoms with van der Waals surface area (Å²) >= 11 is 0. The van der Waals surface area contributed by atoms with Gasteiger partial charge in [-0.25, -0.2) is 4.79 Å². The zero-order valence-electron chi connectivity index (χ0n) is 11.4. The molecule has 1 N–H and O–H groups in total. The van der Waals surface area contributed by atoms with Crippen molar-refractivity contribution in [1.82, 2.24) is 0 Å². The zero-order valence-corrected chi connectivity index (χ0v) is 11.4. The van der Waals surface area contributed by atoms with Gasteiger partial charge in [-0.2, -0.15) is 0 Å². The molecule has 0 bridgehead atoms. The summed E-state index contributed by atoms with van der Waals surface area (Å²) < 4.78 is 10.3. The molecule has 1 fully saturated rings. The number of nitrogens with zero attached hydrogens (tertiary/aromatic N) is 1. The molecule has 1 aliphatic heterocycles. The van der Waals surface area contributed by atoms with Crippen LogP contribution in [0.25, 0.3) is 0 Å². The predicted molar refractivity (Wildman–Crippen MR) is 74.7 cm³/mol. The maximum atomic E-state index is 11.3. The molecule has 1 aliphatic rings. The molecule has 1 atom stereocenters. The quantitative estimate of drug-likeness (QED) is 0.911. The van der Waals surface area contributed by atoms with E-state index in [2.05, 4.69) is 17.1 Å². The molecular formula is C14H20N2O3. The monoisotopic (exact) mass is 264 g/mol. The van der Waals surface area contributed by atoms with Crippen molar-refractivity contribution in [3.63, 3.8) is 0 Å². The van der Waals surface area contributed by atoms with E-state index < -0.39 is 6.09 Å². The van der Waals surface area contributed by atoms with Crippen LogP contribution in [-0.2, 0) is 9.47 Å². The second kappa shape index (κ2) is 6.43. The largest absolute Gasteiger partial charge is 0.450 e. The molecule has 1 aromatic rings. The lowest BCUT2D eigenvalue weighted by atomic mass is 10.2. The predicted octanol–water partition coefficient (Wildman–Crippen LogP) is 2.48. The number of hydrogen-bond acceptors (Lipinski definition) is 4. The van der Waals surface area contributed by atoms with Crippen LogP contribution in [-0.4, -0.2) is 38.5 Å². The minimum atomic E-state index is -0.421. The van der Waals surface area contributed by atoms with Gasteiger partial charge in [-0.3, -0.25) is 5.32 Å². The standard InChI is InChI=1S/C14H20N2O3/c1-3-18-14(17)15-12-4-6-13(7-5-12)16-8-9-19-11(2)10-16/h4-7,11H,3,8-10H2,1-2H3,(H,15,17). The number of morpholine rings is 1. The van der Waals surface area contributed by atoms with E-state index in [-0.39, 0.29) is 6.10 Å². The fraction of sp³-hybridized carbons (Fsp3) is 0.500. The van der Waals surface area contributed by atoms with E-state index in [0.29, 0.717) is 6.61 Å². The molecule has 1 saturated heterocycles. The van der Waals surface area contributed by atoms with Crippen LogP contribution in [0.3, 0.4) is 0 Å². The van der Waals surface area contributed by atoms with E-state index in [0.717, 1.165) is 31.1 Å². The molecular weight excluding hydrogens is 244 g/mol. The maximum absolute atomic E-state index is 11.3. The SMILES string of the molecule is CCOC(=O)Nc1ccc(N2CCOC(C)C2)cc1. The van der Waals surface area contributed by atoms with Gasteiger partial charge in [0.1, 0.15) is 0 Å². The van der Waals surface area contributed by atoms with Crippen molar-refractivity contribution in [3.05, 3.63) is 24.3 Å². The lowest BCUT2D eigenvalue weighted by Crippen LogP contribution is -2.41. The van der Waals surface area contributed by atoms with Crippen LogP contribution in [0, 0.1) is 0 Å². The molecule has 1 aromatic carbocycles.